The number of nitrogens with zero attached hydrogens (tertiary/aromatic N) is 1. The Kier molecular flexibility index (Phi) is 4.11. The number of alkyl halides is 3. The van der Waals surface area contributed by atoms with Gasteiger partial charge in [0.15, 0.2) is 6.29 Å². The number of halogens is 3. The minimum absolute atomic E-state index is 0.205. The van der Waals surface area contributed by atoms with Gasteiger partial charge in [0.25, 0.3) is 0 Å². The maximum absolute atomic E-state index is 12.2. The number of rotatable bonds is 4. The van der Waals surface area contributed by atoms with E-state index in [1.807, 2.05) is 0 Å². The molecule has 1 aromatic heterocycles. The van der Waals surface area contributed by atoms with Gasteiger partial charge in [0.1, 0.15) is 11.5 Å². The molecule has 0 spiro atoms. The molecule has 0 aliphatic carbocycles. The minimum Gasteiger partial charge on any atom is -0.494 e. The molecule has 4 nitrogen and oxygen atoms in total. The van der Waals surface area contributed by atoms with Gasteiger partial charge in [0.05, 0.1) is 18.9 Å². The van der Waals surface area contributed by atoms with E-state index in [1.165, 1.54) is 37.7 Å². The summed E-state index contributed by atoms with van der Waals surface area (Å²) in [6.07, 6.45) is -1.49. The zero-order chi connectivity index (χ0) is 15.5. The number of aromatic nitrogens is 1. The van der Waals surface area contributed by atoms with Crippen molar-refractivity contribution in [3.8, 4) is 22.6 Å². The first-order valence-electron chi connectivity index (χ1n) is 5.78. The van der Waals surface area contributed by atoms with Crippen LogP contribution in [0, 0.1) is 0 Å². The molecule has 7 heteroatoms. The number of pyridine rings is 1. The zero-order valence-corrected chi connectivity index (χ0v) is 10.8. The van der Waals surface area contributed by atoms with Crippen molar-refractivity contribution in [1.29, 1.82) is 0 Å². The van der Waals surface area contributed by atoms with Gasteiger partial charge in [-0.05, 0) is 17.7 Å². The molecule has 0 radical (unpaired) electrons. The largest absolute Gasteiger partial charge is 0.573 e. The lowest BCUT2D eigenvalue weighted by molar-refractivity contribution is -0.274. The normalized spacial score (nSPS) is 11.0. The van der Waals surface area contributed by atoms with Crippen molar-refractivity contribution in [1.82, 2.24) is 4.98 Å². The van der Waals surface area contributed by atoms with Crippen LogP contribution in [0.4, 0.5) is 13.2 Å². The van der Waals surface area contributed by atoms with Crippen molar-refractivity contribution in [3.05, 3.63) is 42.2 Å². The van der Waals surface area contributed by atoms with E-state index >= 15 is 0 Å². The first kappa shape index (κ1) is 14.8. The lowest BCUT2D eigenvalue weighted by Crippen LogP contribution is -2.17. The van der Waals surface area contributed by atoms with Crippen molar-refractivity contribution in [2.24, 2.45) is 0 Å². The molecule has 1 heterocycles. The predicted molar refractivity (Wildman–Crippen MR) is 68.3 cm³/mol. The van der Waals surface area contributed by atoms with Crippen molar-refractivity contribution < 1.29 is 27.4 Å². The maximum atomic E-state index is 12.2. The second-order valence-electron chi connectivity index (χ2n) is 4.00. The molecule has 0 saturated heterocycles. The molecular formula is C14H10F3NO3. The Morgan fingerprint density at radius 2 is 2.00 bits per heavy atom. The first-order valence-corrected chi connectivity index (χ1v) is 5.78. The van der Waals surface area contributed by atoms with Gasteiger partial charge >= 0.3 is 6.36 Å². The molecule has 2 rings (SSSR count). The predicted octanol–water partition coefficient (Wildman–Crippen LogP) is 3.47. The van der Waals surface area contributed by atoms with E-state index in [0.29, 0.717) is 17.4 Å². The lowest BCUT2D eigenvalue weighted by atomic mass is 10.0. The van der Waals surface area contributed by atoms with Gasteiger partial charge in [-0.25, -0.2) is 0 Å². The van der Waals surface area contributed by atoms with Gasteiger partial charge in [0, 0.05) is 11.8 Å². The highest BCUT2D eigenvalue weighted by Gasteiger charge is 2.31. The smallest absolute Gasteiger partial charge is 0.494 e. The van der Waals surface area contributed by atoms with Crippen molar-refractivity contribution in [2.45, 2.75) is 6.36 Å². The molecule has 21 heavy (non-hydrogen) atoms. The Bertz CT molecular complexity index is 656. The summed E-state index contributed by atoms with van der Waals surface area (Å²) in [7, 11) is 1.37. The molecule has 2 aromatic rings. The highest BCUT2D eigenvalue weighted by atomic mass is 19.4. The number of benzene rings is 1. The molecular weight excluding hydrogens is 287 g/mol. The Morgan fingerprint density at radius 3 is 2.62 bits per heavy atom. The highest BCUT2D eigenvalue weighted by Crippen LogP contribution is 2.31. The van der Waals surface area contributed by atoms with Crippen LogP contribution in [0.25, 0.3) is 11.1 Å². The average Bonchev–Trinajstić information content (AvgIpc) is 2.44. The number of carbonyl (C=O) groups excluding carboxylic acids is 1. The van der Waals surface area contributed by atoms with Gasteiger partial charge in [0.2, 0.25) is 0 Å². The van der Waals surface area contributed by atoms with E-state index in [-0.39, 0.29) is 17.1 Å². The quantitative estimate of drug-likeness (QED) is 0.811. The zero-order valence-electron chi connectivity index (χ0n) is 10.8. The number of hydrogen-bond acceptors (Lipinski definition) is 4. The summed E-state index contributed by atoms with van der Waals surface area (Å²) in [4.78, 5) is 15.1. The monoisotopic (exact) mass is 297 g/mol. The van der Waals surface area contributed by atoms with Gasteiger partial charge < -0.3 is 9.47 Å². The molecule has 0 aliphatic rings. The molecule has 110 valence electrons. The Hall–Kier alpha value is -2.57. The van der Waals surface area contributed by atoms with E-state index in [0.717, 1.165) is 0 Å². The van der Waals surface area contributed by atoms with Crippen LogP contribution < -0.4 is 9.47 Å². The second-order valence-corrected chi connectivity index (χ2v) is 4.00. The van der Waals surface area contributed by atoms with Gasteiger partial charge in [-0.3, -0.25) is 9.78 Å². The second kappa shape index (κ2) is 5.82. The van der Waals surface area contributed by atoms with Crippen LogP contribution in [-0.2, 0) is 0 Å². The van der Waals surface area contributed by atoms with Crippen LogP contribution in [0.5, 0.6) is 11.5 Å². The van der Waals surface area contributed by atoms with Gasteiger partial charge in [-0.15, -0.1) is 13.2 Å². The number of carbonyl (C=O) groups is 1. The van der Waals surface area contributed by atoms with E-state index in [4.69, 9.17) is 4.74 Å². The molecule has 0 saturated carbocycles. The third-order valence-corrected chi connectivity index (χ3v) is 2.67. The number of ether oxygens (including phenoxy) is 2. The maximum Gasteiger partial charge on any atom is 0.573 e. The first-order chi connectivity index (χ1) is 9.94. The molecule has 0 unspecified atom stereocenters. The van der Waals surface area contributed by atoms with Crippen molar-refractivity contribution in [2.75, 3.05) is 7.11 Å². The Morgan fingerprint density at radius 1 is 1.24 bits per heavy atom. The summed E-state index contributed by atoms with van der Waals surface area (Å²) >= 11 is 0. The van der Waals surface area contributed by atoms with Crippen molar-refractivity contribution >= 4 is 6.29 Å². The standard InChI is InChI=1S/C14H10F3NO3/c1-20-13-7-18-6-11(12(13)8-19)9-3-2-4-10(5-9)21-14(15,16)17/h2-8H,1H3. The minimum atomic E-state index is -4.78. The van der Waals surface area contributed by atoms with Crippen LogP contribution in [0.15, 0.2) is 36.7 Å². The fourth-order valence-corrected chi connectivity index (χ4v) is 1.83. The van der Waals surface area contributed by atoms with Gasteiger partial charge in [-0.2, -0.15) is 0 Å². The molecule has 0 N–H and O–H groups in total. The van der Waals surface area contributed by atoms with Crippen LogP contribution in [0.2, 0.25) is 0 Å². The lowest BCUT2D eigenvalue weighted by Gasteiger charge is -2.12. The number of methoxy groups -OCH3 is 1. The number of aldehydes is 1. The fraction of sp³-hybridized carbons (Fsp3) is 0.143. The molecule has 0 atom stereocenters. The Labute approximate surface area is 118 Å². The third kappa shape index (κ3) is 3.50. The Balaban J connectivity index is 2.48. The molecule has 0 bridgehead atoms. The molecule has 1 aromatic carbocycles. The van der Waals surface area contributed by atoms with Crippen molar-refractivity contribution in [3.63, 3.8) is 0 Å². The van der Waals surface area contributed by atoms with Crippen LogP contribution in [0.1, 0.15) is 10.4 Å². The fourth-order valence-electron chi connectivity index (χ4n) is 1.83. The summed E-state index contributed by atoms with van der Waals surface area (Å²) in [6.45, 7) is 0. The average molecular weight is 297 g/mol. The number of hydrogen-bond donors (Lipinski definition) is 0. The summed E-state index contributed by atoms with van der Waals surface area (Å²) in [5.41, 5.74) is 0.930. The SMILES string of the molecule is COc1cncc(-c2cccc(OC(F)(F)F)c2)c1C=O. The van der Waals surface area contributed by atoms with E-state index in [2.05, 4.69) is 9.72 Å². The van der Waals surface area contributed by atoms with Gasteiger partial charge in [-0.1, -0.05) is 12.1 Å². The summed E-state index contributed by atoms with van der Waals surface area (Å²) in [5.74, 6) is -0.135. The molecule has 0 amide bonds. The summed E-state index contributed by atoms with van der Waals surface area (Å²) in [6, 6.07) is 5.29. The molecule has 0 aliphatic heterocycles. The highest BCUT2D eigenvalue weighted by molar-refractivity contribution is 5.90. The summed E-state index contributed by atoms with van der Waals surface area (Å²) < 4.78 is 45.5. The van der Waals surface area contributed by atoms with E-state index in [9.17, 15) is 18.0 Å². The van der Waals surface area contributed by atoms with Crippen LogP contribution in [0.3, 0.4) is 0 Å². The molecule has 0 fully saturated rings. The van der Waals surface area contributed by atoms with Crippen LogP contribution >= 0.6 is 0 Å². The summed E-state index contributed by atoms with van der Waals surface area (Å²) in [5, 5.41) is 0. The third-order valence-electron chi connectivity index (χ3n) is 2.67. The van der Waals surface area contributed by atoms with Crippen LogP contribution in [-0.4, -0.2) is 24.7 Å². The van der Waals surface area contributed by atoms with E-state index in [1.54, 1.807) is 6.07 Å². The van der Waals surface area contributed by atoms with E-state index < -0.39 is 6.36 Å². The topological polar surface area (TPSA) is 48.4 Å².